The molecule has 1 aromatic rings. The summed E-state index contributed by atoms with van der Waals surface area (Å²) in [6, 6.07) is 5.41. The summed E-state index contributed by atoms with van der Waals surface area (Å²) in [7, 11) is 0. The van der Waals surface area contributed by atoms with E-state index < -0.39 is 6.03 Å². The van der Waals surface area contributed by atoms with E-state index in [1.807, 2.05) is 18.2 Å². The molecule has 0 unspecified atom stereocenters. The van der Waals surface area contributed by atoms with Crippen molar-refractivity contribution in [3.05, 3.63) is 30.1 Å². The molecule has 0 saturated heterocycles. The van der Waals surface area contributed by atoms with Gasteiger partial charge in [-0.3, -0.25) is 10.3 Å². The van der Waals surface area contributed by atoms with E-state index in [1.165, 1.54) is 6.42 Å². The van der Waals surface area contributed by atoms with Crippen molar-refractivity contribution in [3.63, 3.8) is 0 Å². The first-order valence-corrected chi connectivity index (χ1v) is 6.01. The third-order valence-electron chi connectivity index (χ3n) is 2.81. The van der Waals surface area contributed by atoms with E-state index in [2.05, 4.69) is 20.6 Å². The maximum atomic E-state index is 10.9. The molecule has 96 valence electrons. The van der Waals surface area contributed by atoms with Crippen molar-refractivity contribution in [3.8, 4) is 0 Å². The van der Waals surface area contributed by atoms with Crippen LogP contribution in [0.1, 0.15) is 25.0 Å². The third-order valence-corrected chi connectivity index (χ3v) is 2.81. The molecular formula is C12H17N5O. The molecule has 1 aliphatic carbocycles. The third kappa shape index (κ3) is 3.73. The SMILES string of the molecule is NC(=O)NC(=NCc1ccccn1)NC1CCC1. The van der Waals surface area contributed by atoms with Gasteiger partial charge < -0.3 is 11.1 Å². The van der Waals surface area contributed by atoms with Crippen LogP contribution in [0.4, 0.5) is 4.79 Å². The number of carbonyl (C=O) groups excluding carboxylic acids is 1. The molecule has 4 N–H and O–H groups in total. The summed E-state index contributed by atoms with van der Waals surface area (Å²) >= 11 is 0. The molecule has 0 bridgehead atoms. The number of primary amides is 1. The molecule has 1 heterocycles. The Kier molecular flexibility index (Phi) is 4.11. The number of nitrogens with zero attached hydrogens (tertiary/aromatic N) is 2. The van der Waals surface area contributed by atoms with Crippen LogP contribution in [0.2, 0.25) is 0 Å². The van der Waals surface area contributed by atoms with Gasteiger partial charge in [0.1, 0.15) is 0 Å². The summed E-state index contributed by atoms with van der Waals surface area (Å²) in [5.41, 5.74) is 5.96. The predicted molar refractivity (Wildman–Crippen MR) is 68.9 cm³/mol. The van der Waals surface area contributed by atoms with E-state index in [4.69, 9.17) is 5.73 Å². The molecule has 1 aliphatic rings. The monoisotopic (exact) mass is 247 g/mol. The number of carbonyl (C=O) groups is 1. The van der Waals surface area contributed by atoms with Crippen LogP contribution in [0.15, 0.2) is 29.4 Å². The lowest BCUT2D eigenvalue weighted by Gasteiger charge is -2.27. The molecule has 1 fully saturated rings. The van der Waals surface area contributed by atoms with Crippen LogP contribution in [0.25, 0.3) is 0 Å². The second-order valence-corrected chi connectivity index (χ2v) is 4.25. The maximum absolute atomic E-state index is 10.9. The Morgan fingerprint density at radius 3 is 2.89 bits per heavy atom. The second-order valence-electron chi connectivity index (χ2n) is 4.25. The minimum atomic E-state index is -0.610. The van der Waals surface area contributed by atoms with Gasteiger partial charge in [-0.05, 0) is 31.4 Å². The number of hydrogen-bond acceptors (Lipinski definition) is 3. The fraction of sp³-hybridized carbons (Fsp3) is 0.417. The molecule has 0 atom stereocenters. The Bertz CT molecular complexity index is 427. The minimum Gasteiger partial charge on any atom is -0.353 e. The summed E-state index contributed by atoms with van der Waals surface area (Å²) in [6.07, 6.45) is 5.12. The first kappa shape index (κ1) is 12.3. The number of nitrogens with two attached hydrogens (primary N) is 1. The molecule has 2 rings (SSSR count). The minimum absolute atomic E-state index is 0.388. The Balaban J connectivity index is 1.95. The van der Waals surface area contributed by atoms with Crippen LogP contribution in [0, 0.1) is 0 Å². The standard InChI is InChI=1S/C12H17N5O/c13-11(18)17-12(16-9-5-3-6-9)15-8-10-4-1-2-7-14-10/h1-2,4,7,9H,3,5-6,8H2,(H4,13,15,16,17,18). The Hall–Kier alpha value is -2.11. The quantitative estimate of drug-likeness (QED) is 0.543. The zero-order valence-electron chi connectivity index (χ0n) is 10.1. The number of aromatic nitrogens is 1. The van der Waals surface area contributed by atoms with Crippen LogP contribution in [0.3, 0.4) is 0 Å². The van der Waals surface area contributed by atoms with Crippen LogP contribution < -0.4 is 16.4 Å². The van der Waals surface area contributed by atoms with Crippen LogP contribution in [0.5, 0.6) is 0 Å². The van der Waals surface area contributed by atoms with Gasteiger partial charge in [-0.2, -0.15) is 0 Å². The van der Waals surface area contributed by atoms with Gasteiger partial charge in [-0.25, -0.2) is 9.79 Å². The molecule has 0 spiro atoms. The largest absolute Gasteiger partial charge is 0.353 e. The van der Waals surface area contributed by atoms with Gasteiger partial charge in [0.2, 0.25) is 0 Å². The van der Waals surface area contributed by atoms with Crippen LogP contribution in [-0.2, 0) is 6.54 Å². The highest BCUT2D eigenvalue weighted by molar-refractivity contribution is 5.95. The Morgan fingerprint density at radius 1 is 1.50 bits per heavy atom. The van der Waals surface area contributed by atoms with Crippen molar-refractivity contribution in [1.82, 2.24) is 15.6 Å². The number of hydrogen-bond donors (Lipinski definition) is 3. The fourth-order valence-corrected chi connectivity index (χ4v) is 1.64. The zero-order valence-corrected chi connectivity index (χ0v) is 10.1. The summed E-state index contributed by atoms with van der Waals surface area (Å²) in [5, 5.41) is 5.66. The lowest BCUT2D eigenvalue weighted by Crippen LogP contribution is -2.49. The Morgan fingerprint density at radius 2 is 2.33 bits per heavy atom. The van der Waals surface area contributed by atoms with E-state index in [0.29, 0.717) is 18.5 Å². The lowest BCUT2D eigenvalue weighted by atomic mass is 9.93. The highest BCUT2D eigenvalue weighted by Crippen LogP contribution is 2.17. The number of urea groups is 1. The molecule has 6 heteroatoms. The van der Waals surface area contributed by atoms with E-state index in [1.54, 1.807) is 6.20 Å². The average Bonchev–Trinajstić information content (AvgIpc) is 2.31. The molecule has 2 amide bonds. The Labute approximate surface area is 106 Å². The van der Waals surface area contributed by atoms with Gasteiger partial charge in [-0.1, -0.05) is 6.07 Å². The van der Waals surface area contributed by atoms with Crippen molar-refractivity contribution in [1.29, 1.82) is 0 Å². The molecule has 1 aromatic heterocycles. The van der Waals surface area contributed by atoms with Crippen molar-refractivity contribution >= 4 is 12.0 Å². The average molecular weight is 247 g/mol. The van der Waals surface area contributed by atoms with E-state index in [9.17, 15) is 4.79 Å². The van der Waals surface area contributed by atoms with E-state index in [0.717, 1.165) is 18.5 Å². The number of rotatable bonds is 3. The van der Waals surface area contributed by atoms with Gasteiger partial charge in [0.15, 0.2) is 5.96 Å². The lowest BCUT2D eigenvalue weighted by molar-refractivity contribution is 0.252. The van der Waals surface area contributed by atoms with Gasteiger partial charge >= 0.3 is 6.03 Å². The molecular weight excluding hydrogens is 230 g/mol. The normalized spacial score (nSPS) is 15.9. The molecule has 0 aromatic carbocycles. The van der Waals surface area contributed by atoms with Gasteiger partial charge in [0.05, 0.1) is 12.2 Å². The molecule has 0 aliphatic heterocycles. The first-order chi connectivity index (χ1) is 8.74. The molecule has 0 radical (unpaired) electrons. The predicted octanol–water partition coefficient (Wildman–Crippen LogP) is 0.748. The van der Waals surface area contributed by atoms with Crippen molar-refractivity contribution in [2.45, 2.75) is 31.8 Å². The smallest absolute Gasteiger partial charge is 0.318 e. The van der Waals surface area contributed by atoms with Crippen molar-refractivity contribution in [2.24, 2.45) is 10.7 Å². The molecule has 6 nitrogen and oxygen atoms in total. The van der Waals surface area contributed by atoms with Crippen LogP contribution in [-0.4, -0.2) is 23.0 Å². The highest BCUT2D eigenvalue weighted by atomic mass is 16.2. The summed E-state index contributed by atoms with van der Waals surface area (Å²) in [5.74, 6) is 0.429. The van der Waals surface area contributed by atoms with Gasteiger partial charge in [-0.15, -0.1) is 0 Å². The highest BCUT2D eigenvalue weighted by Gasteiger charge is 2.18. The van der Waals surface area contributed by atoms with Crippen molar-refractivity contribution in [2.75, 3.05) is 0 Å². The maximum Gasteiger partial charge on any atom is 0.318 e. The van der Waals surface area contributed by atoms with E-state index >= 15 is 0 Å². The van der Waals surface area contributed by atoms with Crippen LogP contribution >= 0.6 is 0 Å². The zero-order chi connectivity index (χ0) is 12.8. The van der Waals surface area contributed by atoms with Gasteiger partial charge in [0.25, 0.3) is 0 Å². The number of guanidine groups is 1. The number of amides is 2. The van der Waals surface area contributed by atoms with Gasteiger partial charge in [0, 0.05) is 12.2 Å². The fourth-order valence-electron chi connectivity index (χ4n) is 1.64. The second kappa shape index (κ2) is 6.00. The number of pyridine rings is 1. The van der Waals surface area contributed by atoms with E-state index in [-0.39, 0.29) is 0 Å². The topological polar surface area (TPSA) is 92.4 Å². The number of nitrogens with one attached hydrogen (secondary N) is 2. The van der Waals surface area contributed by atoms with Crippen molar-refractivity contribution < 1.29 is 4.79 Å². The first-order valence-electron chi connectivity index (χ1n) is 6.01. The number of aliphatic imine (C=N–C) groups is 1. The molecule has 1 saturated carbocycles. The summed E-state index contributed by atoms with van der Waals surface area (Å²) < 4.78 is 0. The summed E-state index contributed by atoms with van der Waals surface area (Å²) in [4.78, 5) is 19.3. The summed E-state index contributed by atoms with van der Waals surface area (Å²) in [6.45, 7) is 0.413. The molecule has 18 heavy (non-hydrogen) atoms.